The topological polar surface area (TPSA) is 76.2 Å². The molecule has 1 aromatic heterocycles. The Balaban J connectivity index is 2.07. The number of rotatable bonds is 5. The molecule has 0 unspecified atom stereocenters. The summed E-state index contributed by atoms with van der Waals surface area (Å²) in [5, 5.41) is 12.9. The number of aryl methyl sites for hydroxylation is 1. The van der Waals surface area contributed by atoms with E-state index in [0.29, 0.717) is 28.4 Å². The quantitative estimate of drug-likeness (QED) is 0.839. The summed E-state index contributed by atoms with van der Waals surface area (Å²) in [4.78, 5) is 16.1. The van der Waals surface area contributed by atoms with Crippen molar-refractivity contribution >= 4 is 33.7 Å². The number of hydrogen-bond donors (Lipinski definition) is 1. The van der Waals surface area contributed by atoms with Gasteiger partial charge in [0.15, 0.2) is 5.82 Å². The maximum atomic E-state index is 11.0. The Morgan fingerprint density at radius 3 is 2.95 bits per heavy atom. The fourth-order valence-electron chi connectivity index (χ4n) is 1.40. The van der Waals surface area contributed by atoms with Crippen LogP contribution in [0.4, 0.5) is 0 Å². The summed E-state index contributed by atoms with van der Waals surface area (Å²) in [6.45, 7) is 1.94. The molecule has 2 rings (SSSR count). The minimum Gasteiger partial charge on any atom is -0.478 e. The van der Waals surface area contributed by atoms with E-state index in [9.17, 15) is 4.79 Å². The lowest BCUT2D eigenvalue weighted by molar-refractivity contribution is 0.0695. The summed E-state index contributed by atoms with van der Waals surface area (Å²) in [5.74, 6) is 0.811. The second kappa shape index (κ2) is 6.21. The maximum absolute atomic E-state index is 11.0. The molecule has 5 nitrogen and oxygen atoms in total. The van der Waals surface area contributed by atoms with Crippen LogP contribution in [-0.4, -0.2) is 21.2 Å². The molecule has 2 aromatic rings. The first-order chi connectivity index (χ1) is 9.10. The molecule has 0 saturated heterocycles. The first-order valence-corrected chi connectivity index (χ1v) is 7.35. The molecule has 1 aromatic carbocycles. The monoisotopic (exact) mass is 342 g/mol. The summed E-state index contributed by atoms with van der Waals surface area (Å²) in [5.41, 5.74) is 0.243. The summed E-state index contributed by atoms with van der Waals surface area (Å²) in [6, 6.07) is 5.19. The summed E-state index contributed by atoms with van der Waals surface area (Å²) < 4.78 is 5.57. The first kappa shape index (κ1) is 14.1. The zero-order valence-corrected chi connectivity index (χ0v) is 12.5. The predicted molar refractivity (Wildman–Crippen MR) is 74.3 cm³/mol. The van der Waals surface area contributed by atoms with Crippen molar-refractivity contribution in [2.24, 2.45) is 0 Å². The Labute approximate surface area is 122 Å². The van der Waals surface area contributed by atoms with Crippen molar-refractivity contribution in [2.45, 2.75) is 24.0 Å². The molecule has 0 aliphatic carbocycles. The van der Waals surface area contributed by atoms with Crippen LogP contribution < -0.4 is 0 Å². The summed E-state index contributed by atoms with van der Waals surface area (Å²) >= 11 is 4.68. The number of carboxylic acid groups (broad SMARTS) is 1. The number of thioether (sulfide) groups is 1. The SMILES string of the molecule is CCc1nc(CSc2ccc(Br)c(C(=O)O)c2)no1. The summed E-state index contributed by atoms with van der Waals surface area (Å²) in [6.07, 6.45) is 0.707. The lowest BCUT2D eigenvalue weighted by atomic mass is 10.2. The minimum atomic E-state index is -0.956. The van der Waals surface area contributed by atoms with E-state index < -0.39 is 5.97 Å². The molecular weight excluding hydrogens is 332 g/mol. The van der Waals surface area contributed by atoms with Crippen LogP contribution in [0.15, 0.2) is 32.1 Å². The van der Waals surface area contributed by atoms with E-state index in [2.05, 4.69) is 26.1 Å². The van der Waals surface area contributed by atoms with E-state index >= 15 is 0 Å². The first-order valence-electron chi connectivity index (χ1n) is 5.57. The van der Waals surface area contributed by atoms with Crippen molar-refractivity contribution in [3.8, 4) is 0 Å². The van der Waals surface area contributed by atoms with Gasteiger partial charge in [-0.05, 0) is 34.1 Å². The van der Waals surface area contributed by atoms with Gasteiger partial charge in [-0.3, -0.25) is 0 Å². The van der Waals surface area contributed by atoms with Gasteiger partial charge in [-0.1, -0.05) is 12.1 Å². The number of carbonyl (C=O) groups is 1. The largest absolute Gasteiger partial charge is 0.478 e. The van der Waals surface area contributed by atoms with Crippen LogP contribution in [0, 0.1) is 0 Å². The molecule has 1 N–H and O–H groups in total. The minimum absolute atomic E-state index is 0.243. The molecule has 0 bridgehead atoms. The van der Waals surface area contributed by atoms with Crippen LogP contribution >= 0.6 is 27.7 Å². The van der Waals surface area contributed by atoms with Crippen LogP contribution in [0.1, 0.15) is 29.0 Å². The number of benzene rings is 1. The normalized spacial score (nSPS) is 10.6. The van der Waals surface area contributed by atoms with Crippen molar-refractivity contribution in [2.75, 3.05) is 0 Å². The highest BCUT2D eigenvalue weighted by atomic mass is 79.9. The second-order valence-electron chi connectivity index (χ2n) is 3.69. The van der Waals surface area contributed by atoms with Crippen molar-refractivity contribution < 1.29 is 14.4 Å². The van der Waals surface area contributed by atoms with Gasteiger partial charge in [0.1, 0.15) is 0 Å². The zero-order valence-electron chi connectivity index (χ0n) is 10.1. The second-order valence-corrected chi connectivity index (χ2v) is 5.60. The molecule has 0 saturated carbocycles. The van der Waals surface area contributed by atoms with Crippen molar-refractivity contribution in [3.63, 3.8) is 0 Å². The van der Waals surface area contributed by atoms with Gasteiger partial charge in [0.2, 0.25) is 5.89 Å². The molecule has 0 aliphatic heterocycles. The zero-order chi connectivity index (χ0) is 13.8. The van der Waals surface area contributed by atoms with Gasteiger partial charge in [-0.2, -0.15) is 4.98 Å². The molecule has 19 heavy (non-hydrogen) atoms. The highest BCUT2D eigenvalue weighted by Gasteiger charge is 2.10. The Bertz CT molecular complexity index is 600. The van der Waals surface area contributed by atoms with Crippen LogP contribution in [0.2, 0.25) is 0 Å². The molecular formula is C12H11BrN2O3S. The van der Waals surface area contributed by atoms with Gasteiger partial charge < -0.3 is 9.63 Å². The molecule has 0 aliphatic rings. The van der Waals surface area contributed by atoms with Gasteiger partial charge in [-0.15, -0.1) is 11.8 Å². The number of nitrogens with zero attached hydrogens (tertiary/aromatic N) is 2. The van der Waals surface area contributed by atoms with Gasteiger partial charge >= 0.3 is 5.97 Å². The lowest BCUT2D eigenvalue weighted by Gasteiger charge is -2.03. The van der Waals surface area contributed by atoms with Crippen molar-refractivity contribution in [1.29, 1.82) is 0 Å². The van der Waals surface area contributed by atoms with Crippen LogP contribution in [0.5, 0.6) is 0 Å². The Hall–Kier alpha value is -1.34. The fraction of sp³-hybridized carbons (Fsp3) is 0.250. The number of halogens is 1. The van der Waals surface area contributed by atoms with Gasteiger partial charge in [0.25, 0.3) is 0 Å². The molecule has 100 valence electrons. The van der Waals surface area contributed by atoms with E-state index in [4.69, 9.17) is 9.63 Å². The predicted octanol–water partition coefficient (Wildman–Crippen LogP) is 3.39. The standard InChI is InChI=1S/C12H11BrN2O3S/c1-2-11-14-10(15-18-11)6-19-7-3-4-9(13)8(5-7)12(16)17/h3-5H,2,6H2,1H3,(H,16,17). The van der Waals surface area contributed by atoms with Crippen LogP contribution in [0.3, 0.4) is 0 Å². The number of hydrogen-bond acceptors (Lipinski definition) is 5. The smallest absolute Gasteiger partial charge is 0.336 e. The molecule has 0 amide bonds. The molecule has 0 atom stereocenters. The van der Waals surface area contributed by atoms with E-state index in [1.807, 2.05) is 13.0 Å². The van der Waals surface area contributed by atoms with Crippen molar-refractivity contribution in [3.05, 3.63) is 40.0 Å². The molecule has 1 heterocycles. The van der Waals surface area contributed by atoms with E-state index in [-0.39, 0.29) is 5.56 Å². The van der Waals surface area contributed by atoms with Gasteiger partial charge in [0, 0.05) is 15.8 Å². The van der Waals surface area contributed by atoms with Crippen molar-refractivity contribution in [1.82, 2.24) is 10.1 Å². The van der Waals surface area contributed by atoms with Crippen LogP contribution in [0.25, 0.3) is 0 Å². The highest BCUT2D eigenvalue weighted by Crippen LogP contribution is 2.26. The number of carboxylic acids is 1. The maximum Gasteiger partial charge on any atom is 0.336 e. The van der Waals surface area contributed by atoms with Crippen LogP contribution in [-0.2, 0) is 12.2 Å². The average molecular weight is 343 g/mol. The molecule has 7 heteroatoms. The third kappa shape index (κ3) is 3.57. The third-order valence-corrected chi connectivity index (χ3v) is 4.03. The van der Waals surface area contributed by atoms with E-state index in [1.165, 1.54) is 11.8 Å². The Kier molecular flexibility index (Phi) is 4.60. The number of aromatic nitrogens is 2. The summed E-state index contributed by atoms with van der Waals surface area (Å²) in [7, 11) is 0. The van der Waals surface area contributed by atoms with E-state index in [1.54, 1.807) is 12.1 Å². The molecule has 0 radical (unpaired) electrons. The third-order valence-electron chi connectivity index (χ3n) is 2.35. The van der Waals surface area contributed by atoms with E-state index in [0.717, 1.165) is 4.90 Å². The average Bonchev–Trinajstić information content (AvgIpc) is 2.85. The molecule has 0 fully saturated rings. The highest BCUT2D eigenvalue weighted by molar-refractivity contribution is 9.10. The van der Waals surface area contributed by atoms with Gasteiger partial charge in [-0.25, -0.2) is 4.79 Å². The molecule has 0 spiro atoms. The van der Waals surface area contributed by atoms with Gasteiger partial charge in [0.05, 0.1) is 11.3 Å². The Morgan fingerprint density at radius 1 is 1.53 bits per heavy atom. The Morgan fingerprint density at radius 2 is 2.32 bits per heavy atom. The lowest BCUT2D eigenvalue weighted by Crippen LogP contribution is -1.97. The fourth-order valence-corrected chi connectivity index (χ4v) is 2.59. The number of aromatic carboxylic acids is 1.